The van der Waals surface area contributed by atoms with Crippen molar-refractivity contribution in [2.24, 2.45) is 17.1 Å². The van der Waals surface area contributed by atoms with Gasteiger partial charge in [0.2, 0.25) is 5.91 Å². The van der Waals surface area contributed by atoms with Crippen molar-refractivity contribution >= 4 is 11.9 Å². The highest BCUT2D eigenvalue weighted by Gasteiger charge is 2.40. The lowest BCUT2D eigenvalue weighted by Crippen LogP contribution is -2.53. The lowest BCUT2D eigenvalue weighted by atomic mass is 9.81. The Hall–Kier alpha value is -1.10. The van der Waals surface area contributed by atoms with Crippen LogP contribution < -0.4 is 5.73 Å². The summed E-state index contributed by atoms with van der Waals surface area (Å²) < 4.78 is 0. The predicted octanol–water partition coefficient (Wildman–Crippen LogP) is 1.07. The standard InChI is InChI=1S/C13H24N2O3/c1-9(2)7-10(14)11(16)15-6-4-5-13(3,8-15)12(17)18/h9-10H,4-8,14H2,1-3H3,(H,17,18)/t10-,13?/m1/s1. The summed E-state index contributed by atoms with van der Waals surface area (Å²) >= 11 is 0. The average molecular weight is 256 g/mol. The number of carbonyl (C=O) groups excluding carboxylic acids is 1. The van der Waals surface area contributed by atoms with Crippen LogP contribution in [0, 0.1) is 11.3 Å². The third kappa shape index (κ3) is 3.45. The first-order valence-corrected chi connectivity index (χ1v) is 6.54. The fourth-order valence-corrected chi connectivity index (χ4v) is 2.45. The van der Waals surface area contributed by atoms with Crippen molar-refractivity contribution in [2.45, 2.75) is 46.1 Å². The smallest absolute Gasteiger partial charge is 0.311 e. The van der Waals surface area contributed by atoms with Crippen molar-refractivity contribution in [3.05, 3.63) is 0 Å². The number of carboxylic acids is 1. The van der Waals surface area contributed by atoms with E-state index in [1.807, 2.05) is 13.8 Å². The molecule has 0 aromatic heterocycles. The zero-order chi connectivity index (χ0) is 13.9. The number of likely N-dealkylation sites (tertiary alicyclic amines) is 1. The van der Waals surface area contributed by atoms with Crippen LogP contribution in [0.2, 0.25) is 0 Å². The van der Waals surface area contributed by atoms with E-state index in [0.717, 1.165) is 6.42 Å². The minimum Gasteiger partial charge on any atom is -0.481 e. The summed E-state index contributed by atoms with van der Waals surface area (Å²) in [6, 6.07) is -0.513. The summed E-state index contributed by atoms with van der Waals surface area (Å²) in [5.41, 5.74) is 5.05. The molecular formula is C13H24N2O3. The van der Waals surface area contributed by atoms with Gasteiger partial charge in [0.05, 0.1) is 11.5 Å². The topological polar surface area (TPSA) is 83.6 Å². The molecule has 0 aromatic rings. The van der Waals surface area contributed by atoms with E-state index in [0.29, 0.717) is 25.3 Å². The Morgan fingerprint density at radius 3 is 2.56 bits per heavy atom. The molecule has 0 radical (unpaired) electrons. The Kier molecular flexibility index (Phi) is 4.73. The van der Waals surface area contributed by atoms with Crippen LogP contribution >= 0.6 is 0 Å². The second-order valence-corrected chi connectivity index (χ2v) is 5.97. The molecule has 1 heterocycles. The maximum atomic E-state index is 12.2. The summed E-state index contributed by atoms with van der Waals surface area (Å²) in [6.45, 7) is 6.62. The third-order valence-corrected chi connectivity index (χ3v) is 3.57. The van der Waals surface area contributed by atoms with Gasteiger partial charge in [0, 0.05) is 13.1 Å². The summed E-state index contributed by atoms with van der Waals surface area (Å²) in [6.07, 6.45) is 1.98. The maximum absolute atomic E-state index is 12.2. The molecule has 1 unspecified atom stereocenters. The number of aliphatic carboxylic acids is 1. The first kappa shape index (κ1) is 15.0. The van der Waals surface area contributed by atoms with E-state index >= 15 is 0 Å². The minimum absolute atomic E-state index is 0.115. The predicted molar refractivity (Wildman–Crippen MR) is 69.0 cm³/mol. The van der Waals surface area contributed by atoms with Crippen LogP contribution in [0.1, 0.15) is 40.0 Å². The van der Waals surface area contributed by atoms with Crippen LogP contribution in [0.5, 0.6) is 0 Å². The number of rotatable bonds is 4. The lowest BCUT2D eigenvalue weighted by Gasteiger charge is -2.38. The average Bonchev–Trinajstić information content (AvgIpc) is 2.27. The largest absolute Gasteiger partial charge is 0.481 e. The number of carbonyl (C=O) groups is 2. The molecule has 1 aliphatic heterocycles. The Bertz CT molecular complexity index is 330. The van der Waals surface area contributed by atoms with Gasteiger partial charge < -0.3 is 15.7 Å². The molecule has 1 fully saturated rings. The summed E-state index contributed by atoms with van der Waals surface area (Å²) in [7, 11) is 0. The molecule has 18 heavy (non-hydrogen) atoms. The Labute approximate surface area is 108 Å². The molecule has 3 N–H and O–H groups in total. The molecule has 0 aliphatic carbocycles. The number of nitrogens with zero attached hydrogens (tertiary/aromatic N) is 1. The van der Waals surface area contributed by atoms with Gasteiger partial charge in [0.25, 0.3) is 0 Å². The van der Waals surface area contributed by atoms with Crippen LogP contribution in [0.15, 0.2) is 0 Å². The van der Waals surface area contributed by atoms with Gasteiger partial charge in [0.1, 0.15) is 0 Å². The molecule has 5 heteroatoms. The van der Waals surface area contributed by atoms with Gasteiger partial charge in [0.15, 0.2) is 0 Å². The number of carboxylic acid groups (broad SMARTS) is 1. The zero-order valence-electron chi connectivity index (χ0n) is 11.5. The molecule has 104 valence electrons. The van der Waals surface area contributed by atoms with Gasteiger partial charge in [-0.05, 0) is 32.1 Å². The van der Waals surface area contributed by atoms with E-state index in [1.165, 1.54) is 0 Å². The maximum Gasteiger partial charge on any atom is 0.311 e. The lowest BCUT2D eigenvalue weighted by molar-refractivity contribution is -0.153. The zero-order valence-corrected chi connectivity index (χ0v) is 11.5. The fourth-order valence-electron chi connectivity index (χ4n) is 2.45. The van der Waals surface area contributed by atoms with Crippen molar-refractivity contribution in [2.75, 3.05) is 13.1 Å². The van der Waals surface area contributed by atoms with Crippen molar-refractivity contribution in [1.29, 1.82) is 0 Å². The first-order valence-electron chi connectivity index (χ1n) is 6.54. The van der Waals surface area contributed by atoms with E-state index in [1.54, 1.807) is 11.8 Å². The third-order valence-electron chi connectivity index (χ3n) is 3.57. The molecule has 5 nitrogen and oxygen atoms in total. The number of piperidine rings is 1. The fraction of sp³-hybridized carbons (Fsp3) is 0.846. The summed E-state index contributed by atoms with van der Waals surface area (Å²) in [5.74, 6) is -0.590. The molecule has 0 spiro atoms. The van der Waals surface area contributed by atoms with Crippen molar-refractivity contribution in [3.63, 3.8) is 0 Å². The molecular weight excluding hydrogens is 232 g/mol. The van der Waals surface area contributed by atoms with Crippen LogP contribution in [-0.2, 0) is 9.59 Å². The molecule has 2 atom stereocenters. The van der Waals surface area contributed by atoms with E-state index in [2.05, 4.69) is 0 Å². The highest BCUT2D eigenvalue weighted by atomic mass is 16.4. The molecule has 1 amide bonds. The van der Waals surface area contributed by atoms with Crippen LogP contribution in [-0.4, -0.2) is 41.0 Å². The Morgan fingerprint density at radius 1 is 1.44 bits per heavy atom. The van der Waals surface area contributed by atoms with Crippen LogP contribution in [0.4, 0.5) is 0 Å². The molecule has 0 saturated carbocycles. The first-order chi connectivity index (χ1) is 8.26. The highest BCUT2D eigenvalue weighted by Crippen LogP contribution is 2.30. The molecule has 1 aliphatic rings. The number of amides is 1. The monoisotopic (exact) mass is 256 g/mol. The van der Waals surface area contributed by atoms with E-state index < -0.39 is 17.4 Å². The van der Waals surface area contributed by atoms with Gasteiger partial charge in [-0.2, -0.15) is 0 Å². The number of hydrogen-bond acceptors (Lipinski definition) is 3. The van der Waals surface area contributed by atoms with Crippen molar-refractivity contribution < 1.29 is 14.7 Å². The van der Waals surface area contributed by atoms with E-state index in [4.69, 9.17) is 5.73 Å². The van der Waals surface area contributed by atoms with Gasteiger partial charge in [-0.1, -0.05) is 13.8 Å². The molecule has 1 saturated heterocycles. The second kappa shape index (κ2) is 5.69. The minimum atomic E-state index is -0.836. The Balaban J connectivity index is 2.66. The van der Waals surface area contributed by atoms with Gasteiger partial charge >= 0.3 is 5.97 Å². The summed E-state index contributed by atoms with van der Waals surface area (Å²) in [5, 5.41) is 9.21. The SMILES string of the molecule is CC(C)C[C@@H](N)C(=O)N1CCCC(C)(C(=O)O)C1. The second-order valence-electron chi connectivity index (χ2n) is 5.97. The van der Waals surface area contributed by atoms with Gasteiger partial charge in [-0.3, -0.25) is 9.59 Å². The van der Waals surface area contributed by atoms with Crippen molar-refractivity contribution in [1.82, 2.24) is 4.90 Å². The summed E-state index contributed by atoms with van der Waals surface area (Å²) in [4.78, 5) is 25.0. The normalized spacial score (nSPS) is 26.2. The Morgan fingerprint density at radius 2 is 2.06 bits per heavy atom. The highest BCUT2D eigenvalue weighted by molar-refractivity contribution is 5.83. The van der Waals surface area contributed by atoms with Gasteiger partial charge in [-0.15, -0.1) is 0 Å². The molecule has 1 rings (SSSR count). The van der Waals surface area contributed by atoms with Crippen LogP contribution in [0.3, 0.4) is 0 Å². The van der Waals surface area contributed by atoms with E-state index in [9.17, 15) is 14.7 Å². The number of nitrogens with two attached hydrogens (primary N) is 1. The molecule has 0 aromatic carbocycles. The van der Waals surface area contributed by atoms with E-state index in [-0.39, 0.29) is 12.5 Å². The molecule has 0 bridgehead atoms. The quantitative estimate of drug-likeness (QED) is 0.788. The number of hydrogen-bond donors (Lipinski definition) is 2. The van der Waals surface area contributed by atoms with Crippen LogP contribution in [0.25, 0.3) is 0 Å². The van der Waals surface area contributed by atoms with Crippen molar-refractivity contribution in [3.8, 4) is 0 Å². The van der Waals surface area contributed by atoms with Gasteiger partial charge in [-0.25, -0.2) is 0 Å².